The number of aliphatic carboxylic acids is 1. The minimum Gasteiger partial charge on any atom is -0.481 e. The SMILES string of the molecule is O=C(O)CCCCC(O)c1ccc(C2CCCCC2)cc1. The predicted molar refractivity (Wildman–Crippen MR) is 83.3 cm³/mol. The van der Waals surface area contributed by atoms with E-state index in [4.69, 9.17) is 5.11 Å². The zero-order valence-corrected chi connectivity index (χ0v) is 12.6. The van der Waals surface area contributed by atoms with Gasteiger partial charge < -0.3 is 10.2 Å². The number of aliphatic hydroxyl groups is 1. The fraction of sp³-hybridized carbons (Fsp3) is 0.611. The largest absolute Gasteiger partial charge is 0.481 e. The van der Waals surface area contributed by atoms with Gasteiger partial charge in [0.05, 0.1) is 6.10 Å². The summed E-state index contributed by atoms with van der Waals surface area (Å²) in [6.45, 7) is 0. The highest BCUT2D eigenvalue weighted by Gasteiger charge is 2.16. The van der Waals surface area contributed by atoms with Gasteiger partial charge in [-0.15, -0.1) is 0 Å². The fourth-order valence-corrected chi connectivity index (χ4v) is 3.21. The van der Waals surface area contributed by atoms with E-state index in [0.717, 1.165) is 12.0 Å². The topological polar surface area (TPSA) is 57.5 Å². The van der Waals surface area contributed by atoms with Crippen molar-refractivity contribution in [2.75, 3.05) is 0 Å². The van der Waals surface area contributed by atoms with E-state index in [1.165, 1.54) is 37.7 Å². The van der Waals surface area contributed by atoms with Crippen molar-refractivity contribution in [3.05, 3.63) is 35.4 Å². The lowest BCUT2D eigenvalue weighted by Crippen LogP contribution is -2.05. The van der Waals surface area contributed by atoms with E-state index >= 15 is 0 Å². The van der Waals surface area contributed by atoms with Gasteiger partial charge in [-0.1, -0.05) is 43.5 Å². The van der Waals surface area contributed by atoms with Crippen molar-refractivity contribution in [1.82, 2.24) is 0 Å². The van der Waals surface area contributed by atoms with Crippen LogP contribution in [-0.4, -0.2) is 16.2 Å². The number of aliphatic hydroxyl groups excluding tert-OH is 1. The summed E-state index contributed by atoms with van der Waals surface area (Å²) in [6.07, 6.45) is 8.34. The average Bonchev–Trinajstić information content (AvgIpc) is 2.52. The van der Waals surface area contributed by atoms with Crippen molar-refractivity contribution in [2.45, 2.75) is 69.8 Å². The molecule has 1 fully saturated rings. The Morgan fingerprint density at radius 2 is 1.76 bits per heavy atom. The van der Waals surface area contributed by atoms with E-state index in [1.807, 2.05) is 12.1 Å². The summed E-state index contributed by atoms with van der Waals surface area (Å²) in [6, 6.07) is 8.38. The van der Waals surface area contributed by atoms with E-state index in [9.17, 15) is 9.90 Å². The van der Waals surface area contributed by atoms with Crippen LogP contribution in [0.4, 0.5) is 0 Å². The summed E-state index contributed by atoms with van der Waals surface area (Å²) < 4.78 is 0. The molecule has 2 rings (SSSR count). The van der Waals surface area contributed by atoms with Crippen LogP contribution in [0.5, 0.6) is 0 Å². The first-order valence-corrected chi connectivity index (χ1v) is 8.16. The molecule has 1 aliphatic carbocycles. The summed E-state index contributed by atoms with van der Waals surface area (Å²) in [5, 5.41) is 18.7. The predicted octanol–water partition coefficient (Wildman–Crippen LogP) is 4.41. The van der Waals surface area contributed by atoms with Gasteiger partial charge in [0.15, 0.2) is 0 Å². The number of hydrogen-bond acceptors (Lipinski definition) is 2. The first kappa shape index (κ1) is 16.0. The average molecular weight is 290 g/mol. The zero-order valence-electron chi connectivity index (χ0n) is 12.6. The smallest absolute Gasteiger partial charge is 0.303 e. The monoisotopic (exact) mass is 290 g/mol. The maximum absolute atomic E-state index is 10.4. The molecule has 1 atom stereocenters. The molecular formula is C18H26O3. The molecule has 1 aliphatic rings. The summed E-state index contributed by atoms with van der Waals surface area (Å²) in [4.78, 5) is 10.4. The van der Waals surface area contributed by atoms with Crippen LogP contribution in [0.15, 0.2) is 24.3 Å². The maximum atomic E-state index is 10.4. The zero-order chi connectivity index (χ0) is 15.1. The van der Waals surface area contributed by atoms with Crippen molar-refractivity contribution in [3.63, 3.8) is 0 Å². The highest BCUT2D eigenvalue weighted by Crippen LogP contribution is 2.33. The van der Waals surface area contributed by atoms with Gasteiger partial charge >= 0.3 is 5.97 Å². The Bertz CT molecular complexity index is 432. The third kappa shape index (κ3) is 5.16. The van der Waals surface area contributed by atoms with Gasteiger partial charge in [0, 0.05) is 6.42 Å². The number of benzene rings is 1. The molecule has 21 heavy (non-hydrogen) atoms. The Kier molecular flexibility index (Phi) is 6.24. The second-order valence-corrected chi connectivity index (χ2v) is 6.16. The van der Waals surface area contributed by atoms with Crippen LogP contribution in [0, 0.1) is 0 Å². The molecule has 0 heterocycles. The summed E-state index contributed by atoms with van der Waals surface area (Å²) in [5.74, 6) is -0.0677. The van der Waals surface area contributed by atoms with E-state index in [1.54, 1.807) is 0 Å². The molecule has 0 aromatic heterocycles. The number of unbranched alkanes of at least 4 members (excludes halogenated alkanes) is 1. The Hall–Kier alpha value is -1.35. The Morgan fingerprint density at radius 1 is 1.10 bits per heavy atom. The van der Waals surface area contributed by atoms with Gasteiger partial charge in [0.2, 0.25) is 0 Å². The molecule has 1 saturated carbocycles. The van der Waals surface area contributed by atoms with Crippen LogP contribution in [0.2, 0.25) is 0 Å². The molecule has 0 saturated heterocycles. The molecule has 3 nitrogen and oxygen atoms in total. The van der Waals surface area contributed by atoms with Gasteiger partial charge in [0.25, 0.3) is 0 Å². The van der Waals surface area contributed by atoms with Crippen LogP contribution >= 0.6 is 0 Å². The molecule has 3 heteroatoms. The van der Waals surface area contributed by atoms with Gasteiger partial charge in [-0.2, -0.15) is 0 Å². The lowest BCUT2D eigenvalue weighted by Gasteiger charge is -2.22. The lowest BCUT2D eigenvalue weighted by molar-refractivity contribution is -0.137. The molecule has 1 aromatic rings. The van der Waals surface area contributed by atoms with Crippen LogP contribution in [0.1, 0.15) is 80.9 Å². The lowest BCUT2D eigenvalue weighted by atomic mass is 9.83. The Labute approximate surface area is 127 Å². The van der Waals surface area contributed by atoms with Gasteiger partial charge in [-0.05, 0) is 49.1 Å². The van der Waals surface area contributed by atoms with Crippen molar-refractivity contribution in [1.29, 1.82) is 0 Å². The van der Waals surface area contributed by atoms with Crippen LogP contribution in [0.3, 0.4) is 0 Å². The maximum Gasteiger partial charge on any atom is 0.303 e. The second-order valence-electron chi connectivity index (χ2n) is 6.16. The number of hydrogen-bond donors (Lipinski definition) is 2. The van der Waals surface area contributed by atoms with Crippen LogP contribution in [0.25, 0.3) is 0 Å². The van der Waals surface area contributed by atoms with Crippen LogP contribution in [-0.2, 0) is 4.79 Å². The molecule has 2 N–H and O–H groups in total. The molecule has 0 spiro atoms. The number of carboxylic acids is 1. The molecule has 1 aromatic carbocycles. The van der Waals surface area contributed by atoms with Crippen molar-refractivity contribution in [2.24, 2.45) is 0 Å². The summed E-state index contributed by atoms with van der Waals surface area (Å²) in [5.41, 5.74) is 2.35. The molecule has 116 valence electrons. The third-order valence-corrected chi connectivity index (χ3v) is 4.52. The fourth-order valence-electron chi connectivity index (χ4n) is 3.21. The van der Waals surface area contributed by atoms with E-state index in [0.29, 0.717) is 18.8 Å². The molecule has 0 radical (unpaired) electrons. The minimum atomic E-state index is -0.763. The highest BCUT2D eigenvalue weighted by molar-refractivity contribution is 5.66. The number of rotatable bonds is 7. The molecular weight excluding hydrogens is 264 g/mol. The normalized spacial score (nSPS) is 17.6. The highest BCUT2D eigenvalue weighted by atomic mass is 16.4. The number of carboxylic acid groups (broad SMARTS) is 1. The molecule has 0 amide bonds. The quantitative estimate of drug-likeness (QED) is 0.731. The van der Waals surface area contributed by atoms with E-state index in [2.05, 4.69) is 12.1 Å². The number of carbonyl (C=O) groups is 1. The summed E-state index contributed by atoms with van der Waals surface area (Å²) >= 11 is 0. The van der Waals surface area contributed by atoms with Crippen LogP contribution < -0.4 is 0 Å². The molecule has 0 bridgehead atoms. The third-order valence-electron chi connectivity index (χ3n) is 4.52. The standard InChI is InChI=1S/C18H26O3/c19-17(8-4-5-9-18(20)21)16-12-10-15(11-13-16)14-6-2-1-3-7-14/h10-14,17,19H,1-9H2,(H,20,21). The van der Waals surface area contributed by atoms with E-state index in [-0.39, 0.29) is 6.42 Å². The summed E-state index contributed by atoms with van der Waals surface area (Å²) in [7, 11) is 0. The first-order valence-electron chi connectivity index (χ1n) is 8.16. The van der Waals surface area contributed by atoms with Gasteiger partial charge in [-0.25, -0.2) is 0 Å². The second kappa shape index (κ2) is 8.18. The van der Waals surface area contributed by atoms with Gasteiger partial charge in [-0.3, -0.25) is 4.79 Å². The van der Waals surface area contributed by atoms with Crippen molar-refractivity contribution < 1.29 is 15.0 Å². The minimum absolute atomic E-state index is 0.188. The molecule has 1 unspecified atom stereocenters. The van der Waals surface area contributed by atoms with Crippen molar-refractivity contribution >= 4 is 5.97 Å². The Balaban J connectivity index is 1.81. The van der Waals surface area contributed by atoms with E-state index < -0.39 is 12.1 Å². The van der Waals surface area contributed by atoms with Gasteiger partial charge in [0.1, 0.15) is 0 Å². The first-order chi connectivity index (χ1) is 10.2. The Morgan fingerprint density at radius 3 is 2.38 bits per heavy atom. The van der Waals surface area contributed by atoms with Crippen molar-refractivity contribution in [3.8, 4) is 0 Å². The molecule has 0 aliphatic heterocycles.